The van der Waals surface area contributed by atoms with Crippen LogP contribution in [0.3, 0.4) is 0 Å². The first-order valence-corrected chi connectivity index (χ1v) is 11.2. The lowest BCUT2D eigenvalue weighted by molar-refractivity contribution is 0.181. The summed E-state index contributed by atoms with van der Waals surface area (Å²) in [5, 5.41) is 0. The molecule has 1 saturated heterocycles. The molecule has 0 spiro atoms. The van der Waals surface area contributed by atoms with Crippen molar-refractivity contribution in [1.29, 1.82) is 0 Å². The lowest BCUT2D eigenvalue weighted by atomic mass is 9.92. The fourth-order valence-electron chi connectivity index (χ4n) is 3.51. The molecule has 0 radical (unpaired) electrons. The largest absolute Gasteiger partial charge is 0.447 e. The lowest BCUT2D eigenvalue weighted by Gasteiger charge is -2.19. The predicted octanol–water partition coefficient (Wildman–Crippen LogP) is 3.75. The summed E-state index contributed by atoms with van der Waals surface area (Å²) >= 11 is 0. The highest BCUT2D eigenvalue weighted by Gasteiger charge is 2.24. The summed E-state index contributed by atoms with van der Waals surface area (Å²) in [5.74, 6) is -0.110. The number of rotatable bonds is 7. The Balaban J connectivity index is 1.52. The molecule has 1 N–H and O–H groups in total. The van der Waals surface area contributed by atoms with Gasteiger partial charge in [0.15, 0.2) is 0 Å². The Labute approximate surface area is 176 Å². The van der Waals surface area contributed by atoms with Crippen LogP contribution in [0.4, 0.5) is 10.5 Å². The minimum absolute atomic E-state index is 0.110. The van der Waals surface area contributed by atoms with E-state index in [9.17, 15) is 13.2 Å². The van der Waals surface area contributed by atoms with Crippen LogP contribution in [-0.4, -0.2) is 34.2 Å². The molecule has 30 heavy (non-hydrogen) atoms. The summed E-state index contributed by atoms with van der Waals surface area (Å²) in [6, 6.07) is 25.9. The molecule has 1 heterocycles. The Kier molecular flexibility index (Phi) is 5.83. The van der Waals surface area contributed by atoms with Crippen molar-refractivity contribution in [2.75, 3.05) is 24.6 Å². The average molecular weight is 423 g/mol. The fraction of sp³-hybridized carbons (Fsp3) is 0.174. The molecular weight excluding hydrogens is 400 g/mol. The SMILES string of the molecule is O=C1OCCN1c1ccc(S(=O)(=O)NCC(c2ccccc2)c2ccccc2)cc1. The topological polar surface area (TPSA) is 75.7 Å². The van der Waals surface area contributed by atoms with Crippen LogP contribution in [0.2, 0.25) is 0 Å². The summed E-state index contributed by atoms with van der Waals surface area (Å²) in [6.45, 7) is 1.02. The van der Waals surface area contributed by atoms with Gasteiger partial charge < -0.3 is 4.74 Å². The first-order chi connectivity index (χ1) is 14.5. The monoisotopic (exact) mass is 422 g/mol. The van der Waals surface area contributed by atoms with E-state index in [-0.39, 0.29) is 17.4 Å². The molecule has 0 aliphatic carbocycles. The van der Waals surface area contributed by atoms with E-state index >= 15 is 0 Å². The van der Waals surface area contributed by atoms with Gasteiger partial charge in [-0.25, -0.2) is 17.9 Å². The van der Waals surface area contributed by atoms with E-state index in [1.807, 2.05) is 60.7 Å². The number of ether oxygens (including phenoxy) is 1. The molecule has 3 aromatic rings. The van der Waals surface area contributed by atoms with Crippen LogP contribution in [0.5, 0.6) is 0 Å². The second-order valence-electron chi connectivity index (χ2n) is 6.99. The number of cyclic esters (lactones) is 1. The fourth-order valence-corrected chi connectivity index (χ4v) is 4.56. The van der Waals surface area contributed by atoms with Gasteiger partial charge in [0.1, 0.15) is 6.61 Å². The minimum atomic E-state index is -3.71. The normalized spacial score (nSPS) is 14.2. The predicted molar refractivity (Wildman–Crippen MR) is 115 cm³/mol. The first-order valence-electron chi connectivity index (χ1n) is 9.68. The van der Waals surface area contributed by atoms with Crippen molar-refractivity contribution >= 4 is 21.8 Å². The average Bonchev–Trinajstić information content (AvgIpc) is 3.21. The summed E-state index contributed by atoms with van der Waals surface area (Å²) in [6.07, 6.45) is -0.419. The maximum absolute atomic E-state index is 12.9. The minimum Gasteiger partial charge on any atom is -0.447 e. The maximum Gasteiger partial charge on any atom is 0.414 e. The van der Waals surface area contributed by atoms with E-state index in [0.29, 0.717) is 18.8 Å². The molecule has 1 aliphatic heterocycles. The van der Waals surface area contributed by atoms with Crippen LogP contribution >= 0.6 is 0 Å². The molecule has 0 atom stereocenters. The summed E-state index contributed by atoms with van der Waals surface area (Å²) < 4.78 is 33.4. The second-order valence-corrected chi connectivity index (χ2v) is 8.75. The van der Waals surface area contributed by atoms with Crippen molar-refractivity contribution in [3.8, 4) is 0 Å². The molecule has 0 aromatic heterocycles. The van der Waals surface area contributed by atoms with Gasteiger partial charge in [0.05, 0.1) is 11.4 Å². The Hall–Kier alpha value is -3.16. The zero-order valence-corrected chi connectivity index (χ0v) is 17.1. The standard InChI is InChI=1S/C23H22N2O4S/c26-23-25(15-16-29-23)20-11-13-21(14-12-20)30(27,28)24-17-22(18-7-3-1-4-8-18)19-9-5-2-6-10-19/h1-14,22,24H,15-17H2. The van der Waals surface area contributed by atoms with E-state index in [0.717, 1.165) is 11.1 Å². The molecule has 0 unspecified atom stereocenters. The van der Waals surface area contributed by atoms with E-state index in [4.69, 9.17) is 4.74 Å². The second kappa shape index (κ2) is 8.69. The number of hydrogen-bond acceptors (Lipinski definition) is 4. The van der Waals surface area contributed by atoms with E-state index in [1.165, 1.54) is 17.0 Å². The maximum atomic E-state index is 12.9. The smallest absolute Gasteiger partial charge is 0.414 e. The third-order valence-electron chi connectivity index (χ3n) is 5.10. The summed E-state index contributed by atoms with van der Waals surface area (Å²) in [4.78, 5) is 13.3. The lowest BCUT2D eigenvalue weighted by Crippen LogP contribution is -2.29. The van der Waals surface area contributed by atoms with Crippen molar-refractivity contribution in [1.82, 2.24) is 4.72 Å². The van der Waals surface area contributed by atoms with Gasteiger partial charge in [0.2, 0.25) is 10.0 Å². The van der Waals surface area contributed by atoms with E-state index in [2.05, 4.69) is 4.72 Å². The number of nitrogens with one attached hydrogen (secondary N) is 1. The molecule has 0 bridgehead atoms. The van der Waals surface area contributed by atoms with Gasteiger partial charge in [-0.05, 0) is 35.4 Å². The number of nitrogens with zero attached hydrogens (tertiary/aromatic N) is 1. The molecule has 3 aromatic carbocycles. The molecule has 1 fully saturated rings. The van der Waals surface area contributed by atoms with Crippen molar-refractivity contribution < 1.29 is 17.9 Å². The highest BCUT2D eigenvalue weighted by atomic mass is 32.2. The number of carbonyl (C=O) groups excluding carboxylic acids is 1. The number of hydrogen-bond donors (Lipinski definition) is 1. The van der Waals surface area contributed by atoms with Crippen molar-refractivity contribution in [3.63, 3.8) is 0 Å². The Morgan fingerprint density at radius 3 is 1.93 bits per heavy atom. The summed E-state index contributed by atoms with van der Waals surface area (Å²) in [7, 11) is -3.71. The van der Waals surface area contributed by atoms with Gasteiger partial charge in [0.25, 0.3) is 0 Å². The summed E-state index contributed by atoms with van der Waals surface area (Å²) in [5.41, 5.74) is 2.69. The van der Waals surface area contributed by atoms with Gasteiger partial charge in [-0.2, -0.15) is 0 Å². The van der Waals surface area contributed by atoms with Gasteiger partial charge >= 0.3 is 6.09 Å². The molecule has 1 amide bonds. The van der Waals surface area contributed by atoms with Crippen molar-refractivity contribution in [2.45, 2.75) is 10.8 Å². The third kappa shape index (κ3) is 4.37. The number of anilines is 1. The van der Waals surface area contributed by atoms with Crippen LogP contribution in [0.15, 0.2) is 89.8 Å². The molecule has 154 valence electrons. The van der Waals surface area contributed by atoms with Crippen LogP contribution in [0.1, 0.15) is 17.0 Å². The van der Waals surface area contributed by atoms with Crippen LogP contribution in [0.25, 0.3) is 0 Å². The molecular formula is C23H22N2O4S. The first kappa shape index (κ1) is 20.1. The number of benzene rings is 3. The molecule has 7 heteroatoms. The van der Waals surface area contributed by atoms with Crippen molar-refractivity contribution in [3.05, 3.63) is 96.1 Å². The zero-order valence-electron chi connectivity index (χ0n) is 16.3. The van der Waals surface area contributed by atoms with Crippen LogP contribution < -0.4 is 9.62 Å². The molecule has 6 nitrogen and oxygen atoms in total. The molecule has 1 aliphatic rings. The van der Waals surface area contributed by atoms with Gasteiger partial charge in [-0.1, -0.05) is 60.7 Å². The Morgan fingerprint density at radius 2 is 1.43 bits per heavy atom. The van der Waals surface area contributed by atoms with Gasteiger partial charge in [-0.15, -0.1) is 0 Å². The zero-order chi connectivity index (χ0) is 21.0. The third-order valence-corrected chi connectivity index (χ3v) is 6.54. The number of amides is 1. The highest BCUT2D eigenvalue weighted by Crippen LogP contribution is 2.25. The van der Waals surface area contributed by atoms with Gasteiger partial charge in [0, 0.05) is 18.2 Å². The highest BCUT2D eigenvalue weighted by molar-refractivity contribution is 7.89. The quantitative estimate of drug-likeness (QED) is 0.629. The molecule has 0 saturated carbocycles. The van der Waals surface area contributed by atoms with E-state index < -0.39 is 16.1 Å². The van der Waals surface area contributed by atoms with Gasteiger partial charge in [-0.3, -0.25) is 4.90 Å². The van der Waals surface area contributed by atoms with Crippen LogP contribution in [-0.2, 0) is 14.8 Å². The van der Waals surface area contributed by atoms with E-state index in [1.54, 1.807) is 12.1 Å². The van der Waals surface area contributed by atoms with Crippen LogP contribution in [0, 0.1) is 0 Å². The number of carbonyl (C=O) groups is 1. The Morgan fingerprint density at radius 1 is 0.867 bits per heavy atom. The Bertz CT molecular complexity index is 1060. The molecule has 4 rings (SSSR count). The number of sulfonamides is 1. The van der Waals surface area contributed by atoms with Crippen molar-refractivity contribution in [2.24, 2.45) is 0 Å².